The van der Waals surface area contributed by atoms with E-state index in [4.69, 9.17) is 0 Å². The van der Waals surface area contributed by atoms with Gasteiger partial charge < -0.3 is 10.6 Å². The molecule has 1 aromatic carbocycles. The molecule has 94 valence electrons. The van der Waals surface area contributed by atoms with Crippen LogP contribution in [0.25, 0.3) is 0 Å². The highest BCUT2D eigenvalue weighted by Crippen LogP contribution is 2.13. The fraction of sp³-hybridized carbons (Fsp3) is 0.154. The lowest BCUT2D eigenvalue weighted by Crippen LogP contribution is -2.04. The molecule has 0 aliphatic rings. The SMILES string of the molecule is CNc1cccc(NCc2ccc(F)cc2F)n1. The van der Waals surface area contributed by atoms with Gasteiger partial charge in [0.25, 0.3) is 0 Å². The fourth-order valence-corrected chi connectivity index (χ4v) is 1.52. The molecule has 0 saturated carbocycles. The summed E-state index contributed by atoms with van der Waals surface area (Å²) in [5.41, 5.74) is 0.396. The monoisotopic (exact) mass is 249 g/mol. The molecule has 0 fully saturated rings. The number of pyridine rings is 1. The molecule has 0 unspecified atom stereocenters. The molecule has 0 saturated heterocycles. The van der Waals surface area contributed by atoms with E-state index < -0.39 is 11.6 Å². The van der Waals surface area contributed by atoms with Gasteiger partial charge in [-0.2, -0.15) is 0 Å². The molecule has 5 heteroatoms. The highest BCUT2D eigenvalue weighted by Gasteiger charge is 2.04. The third-order valence-electron chi connectivity index (χ3n) is 2.48. The Hall–Kier alpha value is -2.17. The van der Waals surface area contributed by atoms with E-state index in [1.807, 2.05) is 12.1 Å². The number of halogens is 2. The molecule has 1 heterocycles. The van der Waals surface area contributed by atoms with Crippen molar-refractivity contribution >= 4 is 11.6 Å². The highest BCUT2D eigenvalue weighted by molar-refractivity contribution is 5.45. The first-order chi connectivity index (χ1) is 8.69. The smallest absolute Gasteiger partial charge is 0.131 e. The second-order valence-corrected chi connectivity index (χ2v) is 3.75. The number of nitrogens with zero attached hydrogens (tertiary/aromatic N) is 1. The topological polar surface area (TPSA) is 37.0 Å². The lowest BCUT2D eigenvalue weighted by atomic mass is 10.2. The van der Waals surface area contributed by atoms with Crippen LogP contribution >= 0.6 is 0 Å². The van der Waals surface area contributed by atoms with Crippen LogP contribution in [-0.4, -0.2) is 12.0 Å². The highest BCUT2D eigenvalue weighted by atomic mass is 19.1. The van der Waals surface area contributed by atoms with Gasteiger partial charge in [0.05, 0.1) is 0 Å². The van der Waals surface area contributed by atoms with Crippen molar-refractivity contribution in [1.29, 1.82) is 0 Å². The van der Waals surface area contributed by atoms with Crippen LogP contribution < -0.4 is 10.6 Å². The van der Waals surface area contributed by atoms with Crippen LogP contribution in [0.3, 0.4) is 0 Å². The summed E-state index contributed by atoms with van der Waals surface area (Å²) in [5.74, 6) is 0.212. The first-order valence-electron chi connectivity index (χ1n) is 5.51. The first kappa shape index (κ1) is 12.3. The molecule has 0 radical (unpaired) electrons. The molecule has 0 atom stereocenters. The van der Waals surface area contributed by atoms with E-state index >= 15 is 0 Å². The Kier molecular flexibility index (Phi) is 3.72. The molecule has 0 aliphatic heterocycles. The number of aromatic nitrogens is 1. The van der Waals surface area contributed by atoms with Crippen molar-refractivity contribution in [1.82, 2.24) is 4.98 Å². The molecule has 18 heavy (non-hydrogen) atoms. The van der Waals surface area contributed by atoms with Crippen LogP contribution in [0.15, 0.2) is 36.4 Å². The van der Waals surface area contributed by atoms with E-state index in [-0.39, 0.29) is 6.54 Å². The zero-order valence-corrected chi connectivity index (χ0v) is 9.87. The number of hydrogen-bond acceptors (Lipinski definition) is 3. The maximum atomic E-state index is 13.4. The number of nitrogens with one attached hydrogen (secondary N) is 2. The van der Waals surface area contributed by atoms with Crippen LogP contribution in [0.2, 0.25) is 0 Å². The summed E-state index contributed by atoms with van der Waals surface area (Å²) >= 11 is 0. The first-order valence-corrected chi connectivity index (χ1v) is 5.51. The zero-order chi connectivity index (χ0) is 13.0. The van der Waals surface area contributed by atoms with Gasteiger partial charge in [0, 0.05) is 25.2 Å². The van der Waals surface area contributed by atoms with Crippen molar-refractivity contribution in [2.45, 2.75) is 6.54 Å². The van der Waals surface area contributed by atoms with Crippen LogP contribution in [0.1, 0.15) is 5.56 Å². The Morgan fingerprint density at radius 3 is 2.61 bits per heavy atom. The summed E-state index contributed by atoms with van der Waals surface area (Å²) in [5, 5.41) is 5.89. The normalized spacial score (nSPS) is 10.2. The van der Waals surface area contributed by atoms with E-state index in [0.29, 0.717) is 11.4 Å². The van der Waals surface area contributed by atoms with Gasteiger partial charge in [-0.3, -0.25) is 0 Å². The second kappa shape index (κ2) is 5.44. The molecular weight excluding hydrogens is 236 g/mol. The summed E-state index contributed by atoms with van der Waals surface area (Å²) in [6, 6.07) is 8.96. The van der Waals surface area contributed by atoms with Crippen molar-refractivity contribution in [3.63, 3.8) is 0 Å². The van der Waals surface area contributed by atoms with Gasteiger partial charge in [0.2, 0.25) is 0 Å². The summed E-state index contributed by atoms with van der Waals surface area (Å²) < 4.78 is 26.1. The standard InChI is InChI=1S/C13H13F2N3/c1-16-12-3-2-4-13(18-12)17-8-9-5-6-10(14)7-11(9)15/h2-7H,8H2,1H3,(H2,16,17,18). The van der Waals surface area contributed by atoms with E-state index in [2.05, 4.69) is 15.6 Å². The average molecular weight is 249 g/mol. The van der Waals surface area contributed by atoms with Gasteiger partial charge in [0.15, 0.2) is 0 Å². The molecule has 3 nitrogen and oxygen atoms in total. The lowest BCUT2D eigenvalue weighted by molar-refractivity contribution is 0.574. The van der Waals surface area contributed by atoms with Crippen LogP contribution in [0.4, 0.5) is 20.4 Å². The van der Waals surface area contributed by atoms with Crippen molar-refractivity contribution in [3.8, 4) is 0 Å². The summed E-state index contributed by atoms with van der Waals surface area (Å²) in [6.07, 6.45) is 0. The Morgan fingerprint density at radius 1 is 1.11 bits per heavy atom. The summed E-state index contributed by atoms with van der Waals surface area (Å²) in [4.78, 5) is 4.23. The Morgan fingerprint density at radius 2 is 1.89 bits per heavy atom. The van der Waals surface area contributed by atoms with Crippen LogP contribution in [0, 0.1) is 11.6 Å². The molecule has 2 rings (SSSR count). The minimum Gasteiger partial charge on any atom is -0.373 e. The lowest BCUT2D eigenvalue weighted by Gasteiger charge is -2.08. The fourth-order valence-electron chi connectivity index (χ4n) is 1.52. The van der Waals surface area contributed by atoms with Crippen molar-refractivity contribution in [3.05, 3.63) is 53.6 Å². The molecule has 2 N–H and O–H groups in total. The van der Waals surface area contributed by atoms with Crippen molar-refractivity contribution in [2.75, 3.05) is 17.7 Å². The molecule has 1 aromatic heterocycles. The number of benzene rings is 1. The third kappa shape index (κ3) is 2.94. The molecular formula is C13H13F2N3. The number of rotatable bonds is 4. The molecule has 2 aromatic rings. The van der Waals surface area contributed by atoms with E-state index in [1.54, 1.807) is 13.1 Å². The van der Waals surface area contributed by atoms with Gasteiger partial charge >= 0.3 is 0 Å². The minimum absolute atomic E-state index is 0.256. The number of anilines is 2. The molecule has 0 amide bonds. The Bertz CT molecular complexity index is 544. The maximum absolute atomic E-state index is 13.4. The van der Waals surface area contributed by atoms with E-state index in [0.717, 1.165) is 11.9 Å². The molecule has 0 aliphatic carbocycles. The van der Waals surface area contributed by atoms with Crippen molar-refractivity contribution < 1.29 is 8.78 Å². The zero-order valence-electron chi connectivity index (χ0n) is 9.87. The van der Waals surface area contributed by atoms with Gasteiger partial charge in [-0.1, -0.05) is 12.1 Å². The minimum atomic E-state index is -0.577. The second-order valence-electron chi connectivity index (χ2n) is 3.75. The summed E-state index contributed by atoms with van der Waals surface area (Å²) in [6.45, 7) is 0.256. The van der Waals surface area contributed by atoms with Gasteiger partial charge in [-0.25, -0.2) is 13.8 Å². The predicted octanol–water partition coefficient (Wildman–Crippen LogP) is 3.01. The van der Waals surface area contributed by atoms with Crippen LogP contribution in [0.5, 0.6) is 0 Å². The summed E-state index contributed by atoms with van der Waals surface area (Å²) in [7, 11) is 1.77. The molecule has 0 bridgehead atoms. The van der Waals surface area contributed by atoms with Crippen LogP contribution in [-0.2, 0) is 6.54 Å². The van der Waals surface area contributed by atoms with Gasteiger partial charge in [-0.15, -0.1) is 0 Å². The van der Waals surface area contributed by atoms with E-state index in [9.17, 15) is 8.78 Å². The average Bonchev–Trinajstić information content (AvgIpc) is 2.38. The maximum Gasteiger partial charge on any atom is 0.131 e. The Balaban J connectivity index is 2.06. The van der Waals surface area contributed by atoms with Gasteiger partial charge in [0.1, 0.15) is 23.3 Å². The Labute approximate surface area is 104 Å². The van der Waals surface area contributed by atoms with Crippen molar-refractivity contribution in [2.24, 2.45) is 0 Å². The predicted molar refractivity (Wildman–Crippen MR) is 67.5 cm³/mol. The quantitative estimate of drug-likeness (QED) is 0.874. The van der Waals surface area contributed by atoms with Gasteiger partial charge in [-0.05, 0) is 18.2 Å². The molecule has 0 spiro atoms. The largest absolute Gasteiger partial charge is 0.373 e. The van der Waals surface area contributed by atoms with E-state index in [1.165, 1.54) is 12.1 Å². The third-order valence-corrected chi connectivity index (χ3v) is 2.48. The number of hydrogen-bond donors (Lipinski definition) is 2.